The second-order valence-electron chi connectivity index (χ2n) is 16.2. The summed E-state index contributed by atoms with van der Waals surface area (Å²) in [7, 11) is 0. The van der Waals surface area contributed by atoms with Gasteiger partial charge in [-0.3, -0.25) is 29.0 Å². The van der Waals surface area contributed by atoms with Crippen LogP contribution in [0.4, 0.5) is 0 Å². The Hall–Kier alpha value is -3.93. The number of amides is 4. The lowest BCUT2D eigenvalue weighted by atomic mass is 9.86. The van der Waals surface area contributed by atoms with Gasteiger partial charge >= 0.3 is 0 Å². The normalized spacial score (nSPS) is 31.6. The highest BCUT2D eigenvalue weighted by atomic mass is 35.5. The second-order valence-corrected chi connectivity index (χ2v) is 16.6. The standard InChI is InChI=1S/C42H47ClN4O7/c43-35-7-3-6-34-36(35)42(51)47(41(34)50)27-14-22-31(23-15-27)53-29-18-10-25(11-19-29)38-45-44-37(54-38)24-8-16-28(17-9-24)52-30-20-12-26(13-21-30)46-39(48)32-4-1-2-5-33(32)40(46)49/h1-7,24-31H,8-23H2. The minimum Gasteiger partial charge on any atom is -0.425 e. The minimum atomic E-state index is -0.274. The van der Waals surface area contributed by atoms with E-state index in [4.69, 9.17) is 25.5 Å². The Bertz CT molecular complexity index is 1880. The van der Waals surface area contributed by atoms with E-state index >= 15 is 0 Å². The number of hydrogen-bond donors (Lipinski definition) is 0. The highest BCUT2D eigenvalue weighted by molar-refractivity contribution is 6.37. The highest BCUT2D eigenvalue weighted by Crippen LogP contribution is 2.41. The van der Waals surface area contributed by atoms with E-state index in [1.807, 2.05) is 12.1 Å². The number of nitrogens with zero attached hydrogens (tertiary/aromatic N) is 4. The number of carbonyl (C=O) groups is 4. The molecule has 4 aliphatic carbocycles. The van der Waals surface area contributed by atoms with Crippen LogP contribution in [0.15, 0.2) is 46.9 Å². The topological polar surface area (TPSA) is 132 Å². The fourth-order valence-electron chi connectivity index (χ4n) is 10.0. The van der Waals surface area contributed by atoms with Gasteiger partial charge in [0.25, 0.3) is 23.6 Å². The van der Waals surface area contributed by atoms with Crippen molar-refractivity contribution in [3.63, 3.8) is 0 Å². The number of imide groups is 2. The highest BCUT2D eigenvalue weighted by Gasteiger charge is 2.44. The maximum atomic E-state index is 13.1. The predicted molar refractivity (Wildman–Crippen MR) is 197 cm³/mol. The van der Waals surface area contributed by atoms with Crippen LogP contribution < -0.4 is 0 Å². The summed E-state index contributed by atoms with van der Waals surface area (Å²) in [5.74, 6) is 1.17. The minimum absolute atomic E-state index is 0.0593. The van der Waals surface area contributed by atoms with Gasteiger partial charge in [-0.2, -0.15) is 0 Å². The lowest BCUT2D eigenvalue weighted by molar-refractivity contribution is -0.0554. The van der Waals surface area contributed by atoms with Crippen molar-refractivity contribution in [2.24, 2.45) is 0 Å². The van der Waals surface area contributed by atoms with Crippen molar-refractivity contribution in [2.45, 2.75) is 151 Å². The van der Waals surface area contributed by atoms with Crippen LogP contribution in [0, 0.1) is 0 Å². The zero-order chi connectivity index (χ0) is 36.9. The summed E-state index contributed by atoms with van der Waals surface area (Å²) in [4.78, 5) is 54.9. The van der Waals surface area contributed by atoms with E-state index in [2.05, 4.69) is 10.2 Å². The molecule has 4 amide bonds. The number of rotatable bonds is 8. The number of aromatic nitrogens is 2. The summed E-state index contributed by atoms with van der Waals surface area (Å²) >= 11 is 6.26. The molecule has 2 aromatic carbocycles. The van der Waals surface area contributed by atoms with Crippen molar-refractivity contribution < 1.29 is 33.1 Å². The predicted octanol–water partition coefficient (Wildman–Crippen LogP) is 8.02. The van der Waals surface area contributed by atoms with Crippen molar-refractivity contribution in [3.8, 4) is 0 Å². The average molecular weight is 755 g/mol. The molecule has 6 aliphatic rings. The van der Waals surface area contributed by atoms with Gasteiger partial charge in [-0.05, 0) is 127 Å². The maximum Gasteiger partial charge on any atom is 0.263 e. The van der Waals surface area contributed by atoms with Crippen LogP contribution in [0.5, 0.6) is 0 Å². The molecule has 3 aromatic rings. The Kier molecular flexibility index (Phi) is 9.90. The molecule has 0 saturated heterocycles. The zero-order valence-electron chi connectivity index (χ0n) is 30.5. The number of halogens is 1. The summed E-state index contributed by atoms with van der Waals surface area (Å²) in [6.45, 7) is 0. The van der Waals surface area contributed by atoms with Crippen LogP contribution in [-0.4, -0.2) is 80.1 Å². The molecule has 11 nitrogen and oxygen atoms in total. The summed E-state index contributed by atoms with van der Waals surface area (Å²) in [6.07, 6.45) is 14.7. The van der Waals surface area contributed by atoms with E-state index in [0.29, 0.717) is 27.3 Å². The van der Waals surface area contributed by atoms with E-state index in [9.17, 15) is 19.2 Å². The van der Waals surface area contributed by atoms with Gasteiger partial charge in [0, 0.05) is 23.9 Å². The number of fused-ring (bicyclic) bond motifs is 2. The number of benzene rings is 2. The average Bonchev–Trinajstić information content (AvgIpc) is 3.86. The first-order chi connectivity index (χ1) is 26.3. The van der Waals surface area contributed by atoms with Crippen LogP contribution in [0.25, 0.3) is 0 Å². The lowest BCUT2D eigenvalue weighted by Crippen LogP contribution is -2.43. The Labute approximate surface area is 320 Å². The lowest BCUT2D eigenvalue weighted by Gasteiger charge is -2.36. The van der Waals surface area contributed by atoms with Gasteiger partial charge in [0.2, 0.25) is 11.8 Å². The summed E-state index contributed by atoms with van der Waals surface area (Å²) in [6, 6.07) is 12.0. The molecule has 2 aliphatic heterocycles. The monoisotopic (exact) mass is 754 g/mol. The molecule has 3 heterocycles. The molecule has 1 aromatic heterocycles. The third-order valence-corrected chi connectivity index (χ3v) is 13.3. The Morgan fingerprint density at radius 2 is 0.889 bits per heavy atom. The maximum absolute atomic E-state index is 13.1. The Morgan fingerprint density at radius 1 is 0.500 bits per heavy atom. The Balaban J connectivity index is 0.684. The van der Waals surface area contributed by atoms with Crippen molar-refractivity contribution in [2.75, 3.05) is 0 Å². The summed E-state index contributed by atoms with van der Waals surface area (Å²) in [5, 5.41) is 9.34. The van der Waals surface area contributed by atoms with Gasteiger partial charge in [-0.1, -0.05) is 29.8 Å². The molecule has 0 bridgehead atoms. The molecule has 12 heteroatoms. The molecule has 284 valence electrons. The molecule has 0 radical (unpaired) electrons. The third-order valence-electron chi connectivity index (χ3n) is 13.0. The van der Waals surface area contributed by atoms with Gasteiger partial charge in [0.05, 0.1) is 51.7 Å². The number of carbonyl (C=O) groups excluding carboxylic acids is 4. The number of ether oxygens (including phenoxy) is 2. The number of hydrogen-bond acceptors (Lipinski definition) is 9. The van der Waals surface area contributed by atoms with Crippen molar-refractivity contribution in [3.05, 3.63) is 81.5 Å². The first-order valence-electron chi connectivity index (χ1n) is 20.1. The van der Waals surface area contributed by atoms with Gasteiger partial charge in [0.1, 0.15) is 0 Å². The third kappa shape index (κ3) is 6.70. The van der Waals surface area contributed by atoms with E-state index in [-0.39, 0.29) is 72.0 Å². The van der Waals surface area contributed by atoms with Crippen molar-refractivity contribution in [1.29, 1.82) is 0 Å². The molecular weight excluding hydrogens is 708 g/mol. The van der Waals surface area contributed by atoms with E-state index < -0.39 is 0 Å². The largest absolute Gasteiger partial charge is 0.425 e. The van der Waals surface area contributed by atoms with Gasteiger partial charge in [0.15, 0.2) is 0 Å². The molecule has 0 N–H and O–H groups in total. The molecule has 54 heavy (non-hydrogen) atoms. The molecule has 9 rings (SSSR count). The second kappa shape index (κ2) is 15.0. The van der Waals surface area contributed by atoms with Crippen LogP contribution in [-0.2, 0) is 9.47 Å². The summed E-state index contributed by atoms with van der Waals surface area (Å²) in [5.41, 5.74) is 1.78. The molecule has 0 unspecified atom stereocenters. The fourth-order valence-corrected chi connectivity index (χ4v) is 10.3. The summed E-state index contributed by atoms with van der Waals surface area (Å²) < 4.78 is 19.4. The molecule has 0 spiro atoms. The van der Waals surface area contributed by atoms with Crippen LogP contribution in [0.2, 0.25) is 5.02 Å². The first kappa shape index (κ1) is 35.8. The van der Waals surface area contributed by atoms with E-state index in [1.165, 1.54) is 9.80 Å². The molecule has 4 saturated carbocycles. The van der Waals surface area contributed by atoms with Crippen molar-refractivity contribution >= 4 is 35.2 Å². The SMILES string of the molecule is O=C1c2ccccc2C(=O)N1C1CCC(OC2CCC(c3nnc(C4CCC(OC5CCC(N6C(=O)c7cccc(Cl)c7C6=O)CC5)CC4)o3)CC2)CC1. The quantitative estimate of drug-likeness (QED) is 0.210. The van der Waals surface area contributed by atoms with Gasteiger partial charge < -0.3 is 13.9 Å². The van der Waals surface area contributed by atoms with Gasteiger partial charge in [-0.25, -0.2) is 0 Å². The molecule has 4 fully saturated rings. The molecular formula is C42H47ClN4O7. The smallest absolute Gasteiger partial charge is 0.263 e. The van der Waals surface area contributed by atoms with E-state index in [1.54, 1.807) is 30.3 Å². The van der Waals surface area contributed by atoms with Crippen molar-refractivity contribution in [1.82, 2.24) is 20.0 Å². The first-order valence-corrected chi connectivity index (χ1v) is 20.5. The Morgan fingerprint density at radius 3 is 1.33 bits per heavy atom. The van der Waals surface area contributed by atoms with Crippen LogP contribution in [0.1, 0.15) is 168 Å². The van der Waals surface area contributed by atoms with Crippen LogP contribution in [0.3, 0.4) is 0 Å². The van der Waals surface area contributed by atoms with Crippen LogP contribution >= 0.6 is 11.6 Å². The fraction of sp³-hybridized carbons (Fsp3) is 0.571. The zero-order valence-corrected chi connectivity index (χ0v) is 31.3. The van der Waals surface area contributed by atoms with E-state index in [0.717, 1.165) is 115 Å². The van der Waals surface area contributed by atoms with Gasteiger partial charge in [-0.15, -0.1) is 10.2 Å². The molecule has 0 atom stereocenters.